The lowest BCUT2D eigenvalue weighted by Gasteiger charge is -2.13. The van der Waals surface area contributed by atoms with Crippen LogP contribution in [0.15, 0.2) is 133 Å². The molecule has 10 aromatic rings. The second-order valence-corrected chi connectivity index (χ2v) is 12.1. The Morgan fingerprint density at radius 1 is 0.395 bits per heavy atom. The molecule has 0 fully saturated rings. The molecule has 2 heteroatoms. The Morgan fingerprint density at radius 2 is 1.05 bits per heavy atom. The smallest absolute Gasteiger partial charge is 0.0647 e. The van der Waals surface area contributed by atoms with Gasteiger partial charge in [-0.2, -0.15) is 0 Å². The summed E-state index contributed by atoms with van der Waals surface area (Å²) in [6.45, 7) is 0. The number of benzene rings is 7. The summed E-state index contributed by atoms with van der Waals surface area (Å²) in [6.07, 6.45) is 1.00. The van der Waals surface area contributed by atoms with Crippen LogP contribution in [0.4, 0.5) is 0 Å². The van der Waals surface area contributed by atoms with E-state index in [0.29, 0.717) is 0 Å². The molecular weight excluding hydrogens is 520 g/mol. The van der Waals surface area contributed by atoms with Crippen LogP contribution < -0.4 is 0 Å². The molecule has 0 amide bonds. The summed E-state index contributed by atoms with van der Waals surface area (Å²) in [6, 6.07) is 49.7. The van der Waals surface area contributed by atoms with Crippen LogP contribution in [0, 0.1) is 0 Å². The van der Waals surface area contributed by atoms with Gasteiger partial charge in [0.05, 0.1) is 27.6 Å². The first-order valence-electron chi connectivity index (χ1n) is 15.1. The third kappa shape index (κ3) is 2.57. The minimum atomic E-state index is 1.00. The van der Waals surface area contributed by atoms with Gasteiger partial charge in [0.25, 0.3) is 0 Å². The van der Waals surface area contributed by atoms with Crippen molar-refractivity contribution in [3.05, 3.63) is 145 Å². The third-order valence-corrected chi connectivity index (χ3v) is 10.0. The van der Waals surface area contributed by atoms with Crippen LogP contribution in [0.2, 0.25) is 0 Å². The zero-order chi connectivity index (χ0) is 27.8. The number of hydrogen-bond acceptors (Lipinski definition) is 0. The van der Waals surface area contributed by atoms with Gasteiger partial charge in [-0.05, 0) is 58.3 Å². The van der Waals surface area contributed by atoms with Crippen LogP contribution in [0.25, 0.3) is 87.5 Å². The van der Waals surface area contributed by atoms with E-state index in [1.807, 2.05) is 0 Å². The van der Waals surface area contributed by atoms with E-state index in [9.17, 15) is 0 Å². The number of aromatic nitrogens is 2. The standard InChI is InChI=1S/C41H24N2/c1-2-11-27-24(10-1)22-25-20-21-26(23-34(25)27)42-36-19-8-6-15-32(36)37-29-13-3-4-14-31(29)40-38(41(37)42)33-17-9-16-30-28-12-5-7-18-35(28)43(40)39(30)33/h1-21,23H,22H2. The van der Waals surface area contributed by atoms with Crippen LogP contribution in [0.3, 0.4) is 0 Å². The lowest BCUT2D eigenvalue weighted by atomic mass is 9.98. The molecule has 1 aliphatic carbocycles. The molecule has 0 aliphatic heterocycles. The molecule has 0 N–H and O–H groups in total. The molecule has 0 saturated heterocycles. The summed E-state index contributed by atoms with van der Waals surface area (Å²) in [5, 5.41) is 10.5. The molecule has 3 heterocycles. The van der Waals surface area contributed by atoms with Gasteiger partial charge in [0, 0.05) is 43.4 Å². The molecule has 0 radical (unpaired) electrons. The highest BCUT2D eigenvalue weighted by molar-refractivity contribution is 6.39. The van der Waals surface area contributed by atoms with Gasteiger partial charge in [-0.1, -0.05) is 109 Å². The molecule has 0 atom stereocenters. The Balaban J connectivity index is 1.42. The van der Waals surface area contributed by atoms with E-state index < -0.39 is 0 Å². The maximum absolute atomic E-state index is 2.55. The monoisotopic (exact) mass is 544 g/mol. The Hall–Kier alpha value is -5.60. The predicted molar refractivity (Wildman–Crippen MR) is 181 cm³/mol. The quantitative estimate of drug-likeness (QED) is 0.194. The average Bonchev–Trinajstić information content (AvgIpc) is 3.80. The fourth-order valence-electron chi connectivity index (χ4n) is 8.36. The third-order valence-electron chi connectivity index (χ3n) is 10.0. The first kappa shape index (κ1) is 22.1. The molecule has 2 nitrogen and oxygen atoms in total. The molecule has 1 aliphatic rings. The Labute approximate surface area is 247 Å². The molecule has 0 spiro atoms. The molecule has 198 valence electrons. The van der Waals surface area contributed by atoms with Crippen molar-refractivity contribution < 1.29 is 0 Å². The van der Waals surface area contributed by atoms with Crippen molar-refractivity contribution in [1.29, 1.82) is 0 Å². The van der Waals surface area contributed by atoms with Gasteiger partial charge in [0.15, 0.2) is 0 Å². The van der Waals surface area contributed by atoms with Gasteiger partial charge in [0.2, 0.25) is 0 Å². The first-order chi connectivity index (χ1) is 21.4. The summed E-state index contributed by atoms with van der Waals surface area (Å²) in [5.41, 5.74) is 13.2. The molecule has 0 unspecified atom stereocenters. The summed E-state index contributed by atoms with van der Waals surface area (Å²) in [7, 11) is 0. The van der Waals surface area contributed by atoms with E-state index in [1.165, 1.54) is 98.6 Å². The number of hydrogen-bond donors (Lipinski definition) is 0. The number of nitrogens with zero attached hydrogens (tertiary/aromatic N) is 2. The SMILES string of the molecule is c1ccc2c(c1)Cc1ccc(-n3c4ccccc4c4c5ccccc5c5c(c6cccc7c8ccccc8n5c76)c43)cc1-2. The van der Waals surface area contributed by atoms with Gasteiger partial charge in [-0.3, -0.25) is 0 Å². The fraction of sp³-hybridized carbons (Fsp3) is 0.0244. The summed E-state index contributed by atoms with van der Waals surface area (Å²) < 4.78 is 5.09. The molecule has 3 aromatic heterocycles. The Morgan fingerprint density at radius 3 is 1.95 bits per heavy atom. The van der Waals surface area contributed by atoms with Crippen molar-refractivity contribution in [3.8, 4) is 16.8 Å². The van der Waals surface area contributed by atoms with Crippen molar-refractivity contribution in [1.82, 2.24) is 8.97 Å². The fourth-order valence-corrected chi connectivity index (χ4v) is 8.36. The zero-order valence-electron chi connectivity index (χ0n) is 23.3. The van der Waals surface area contributed by atoms with Crippen LogP contribution in [-0.4, -0.2) is 8.97 Å². The first-order valence-corrected chi connectivity index (χ1v) is 15.1. The van der Waals surface area contributed by atoms with E-state index >= 15 is 0 Å². The lowest BCUT2D eigenvalue weighted by molar-refractivity contribution is 1.18. The number of fused-ring (bicyclic) bond motifs is 16. The largest absolute Gasteiger partial charge is 0.308 e. The Kier molecular flexibility index (Phi) is 3.91. The maximum atomic E-state index is 2.55. The highest BCUT2D eigenvalue weighted by atomic mass is 15.0. The Bertz CT molecular complexity index is 2810. The van der Waals surface area contributed by atoms with Gasteiger partial charge in [-0.15, -0.1) is 0 Å². The van der Waals surface area contributed by atoms with E-state index in [-0.39, 0.29) is 0 Å². The molecule has 0 saturated carbocycles. The number of rotatable bonds is 1. The van der Waals surface area contributed by atoms with Crippen LogP contribution in [0.5, 0.6) is 0 Å². The van der Waals surface area contributed by atoms with Crippen molar-refractivity contribution in [2.75, 3.05) is 0 Å². The van der Waals surface area contributed by atoms with Gasteiger partial charge in [-0.25, -0.2) is 0 Å². The van der Waals surface area contributed by atoms with E-state index in [4.69, 9.17) is 0 Å². The molecule has 0 bridgehead atoms. The highest BCUT2D eigenvalue weighted by Crippen LogP contribution is 2.49. The van der Waals surface area contributed by atoms with E-state index in [0.717, 1.165) is 6.42 Å². The lowest BCUT2D eigenvalue weighted by Crippen LogP contribution is -1.96. The molecule has 7 aromatic carbocycles. The minimum Gasteiger partial charge on any atom is -0.308 e. The van der Waals surface area contributed by atoms with Gasteiger partial charge >= 0.3 is 0 Å². The van der Waals surface area contributed by atoms with Crippen molar-refractivity contribution >= 4 is 70.7 Å². The van der Waals surface area contributed by atoms with Gasteiger partial charge in [0.1, 0.15) is 0 Å². The van der Waals surface area contributed by atoms with Crippen LogP contribution in [0.1, 0.15) is 11.1 Å². The highest BCUT2D eigenvalue weighted by Gasteiger charge is 2.26. The van der Waals surface area contributed by atoms with Crippen molar-refractivity contribution in [3.63, 3.8) is 0 Å². The van der Waals surface area contributed by atoms with E-state index in [2.05, 4.69) is 142 Å². The van der Waals surface area contributed by atoms with Gasteiger partial charge < -0.3 is 8.97 Å². The van der Waals surface area contributed by atoms with Crippen molar-refractivity contribution in [2.24, 2.45) is 0 Å². The number of para-hydroxylation sites is 3. The second kappa shape index (κ2) is 7.61. The van der Waals surface area contributed by atoms with Crippen LogP contribution in [-0.2, 0) is 6.42 Å². The van der Waals surface area contributed by atoms with Crippen molar-refractivity contribution in [2.45, 2.75) is 6.42 Å². The minimum absolute atomic E-state index is 1.00. The maximum Gasteiger partial charge on any atom is 0.0647 e. The summed E-state index contributed by atoms with van der Waals surface area (Å²) in [4.78, 5) is 0. The molecule has 43 heavy (non-hydrogen) atoms. The predicted octanol–water partition coefficient (Wildman–Crippen LogP) is 10.7. The summed E-state index contributed by atoms with van der Waals surface area (Å²) in [5.74, 6) is 0. The topological polar surface area (TPSA) is 9.34 Å². The molecule has 11 rings (SSSR count). The second-order valence-electron chi connectivity index (χ2n) is 12.1. The molecular formula is C41H24N2. The normalized spacial score (nSPS) is 13.0. The van der Waals surface area contributed by atoms with Crippen LogP contribution >= 0.6 is 0 Å². The summed E-state index contributed by atoms with van der Waals surface area (Å²) >= 11 is 0. The van der Waals surface area contributed by atoms with E-state index in [1.54, 1.807) is 0 Å². The zero-order valence-corrected chi connectivity index (χ0v) is 23.3. The average molecular weight is 545 g/mol.